The van der Waals surface area contributed by atoms with Gasteiger partial charge in [0.1, 0.15) is 29.9 Å². The van der Waals surface area contributed by atoms with E-state index in [1.807, 2.05) is 20.8 Å². The molecule has 1 aromatic heterocycles. The van der Waals surface area contributed by atoms with Gasteiger partial charge in [-0.05, 0) is 49.1 Å². The molecule has 0 aromatic carbocycles. The number of likely N-dealkylation sites (tertiary alicyclic amines) is 1. The van der Waals surface area contributed by atoms with E-state index in [9.17, 15) is 28.8 Å². The molecular weight excluding hydrogens is 612 g/mol. The number of amides is 5. The number of unbranched alkanes of at least 4 members (excludes halogenated alkanes) is 1. The van der Waals surface area contributed by atoms with Crippen LogP contribution in [0.5, 0.6) is 0 Å². The van der Waals surface area contributed by atoms with E-state index in [1.165, 1.54) is 29.3 Å². The van der Waals surface area contributed by atoms with Crippen LogP contribution in [-0.4, -0.2) is 82.5 Å². The van der Waals surface area contributed by atoms with Gasteiger partial charge in [0.25, 0.3) is 5.91 Å². The second kappa shape index (κ2) is 18.1. The average molecular weight is 665 g/mol. The standard InChI is InChI=1S/C36H52N6O6/c1-10-12-13-17-26(30(44)33(46)38-19-11-2)39-32(45)28-24(22(3)4)18-21-42(28)34(47)31(36(7,8)9)41-35(48)40-27(23(5)6)29(43)25-16-14-15-20-37-25/h11,13-17,20,22,24,26-28,31H,2,5,10,12,18-19,21H2,1,3-4,6-9H3,(H,38,46)(H,39,45)(H2,40,41,48)/b17-13+/t24?,26?,27-,28-,31+/m0/s1. The number of nitrogens with zero attached hydrogens (tertiary/aromatic N) is 2. The first-order chi connectivity index (χ1) is 22.5. The Morgan fingerprint density at radius 2 is 1.77 bits per heavy atom. The van der Waals surface area contributed by atoms with Crippen molar-refractivity contribution in [1.29, 1.82) is 0 Å². The fraction of sp³-hybridized carbons (Fsp3) is 0.528. The first kappa shape index (κ1) is 39.6. The lowest BCUT2D eigenvalue weighted by Crippen LogP contribution is -2.61. The van der Waals surface area contributed by atoms with Crippen molar-refractivity contribution in [1.82, 2.24) is 31.2 Å². The highest BCUT2D eigenvalue weighted by atomic mass is 16.2. The van der Waals surface area contributed by atoms with Gasteiger partial charge < -0.3 is 26.2 Å². The minimum absolute atomic E-state index is 0.00231. The fourth-order valence-electron chi connectivity index (χ4n) is 5.52. The molecule has 12 nitrogen and oxygen atoms in total. The monoisotopic (exact) mass is 664 g/mol. The first-order valence-corrected chi connectivity index (χ1v) is 16.4. The number of urea groups is 1. The molecule has 0 radical (unpaired) electrons. The predicted molar refractivity (Wildman–Crippen MR) is 185 cm³/mol. The number of rotatable bonds is 16. The normalized spacial score (nSPS) is 18.0. The molecule has 0 aliphatic carbocycles. The molecule has 2 unspecified atom stereocenters. The topological polar surface area (TPSA) is 167 Å². The second-order valence-corrected chi connectivity index (χ2v) is 13.5. The van der Waals surface area contributed by atoms with Crippen molar-refractivity contribution < 1.29 is 28.8 Å². The smallest absolute Gasteiger partial charge is 0.316 e. The SMILES string of the molecule is C=CCNC(=O)C(=O)C(/C=C/CCC)NC(=O)[C@@H]1C(C(C)C)CCN1C(=O)[C@@H](NC(=O)N[C@@H](C(=C)C)C(=O)c1ccccn1)C(C)(C)C. The second-order valence-electron chi connectivity index (χ2n) is 13.5. The maximum atomic E-state index is 14.3. The molecule has 1 aliphatic rings. The van der Waals surface area contributed by atoms with Gasteiger partial charge in [0.2, 0.25) is 23.4 Å². The Kier molecular flexibility index (Phi) is 14.9. The molecule has 1 aliphatic heterocycles. The van der Waals surface area contributed by atoms with Crippen molar-refractivity contribution in [3.05, 3.63) is 67.0 Å². The number of allylic oxidation sites excluding steroid dienone is 1. The van der Waals surface area contributed by atoms with Crippen LogP contribution >= 0.6 is 0 Å². The number of nitrogens with one attached hydrogen (secondary N) is 4. The van der Waals surface area contributed by atoms with E-state index in [0.717, 1.165) is 6.42 Å². The molecule has 2 rings (SSSR count). The van der Waals surface area contributed by atoms with Crippen LogP contribution in [0.15, 0.2) is 61.4 Å². The molecule has 12 heteroatoms. The Hall–Kier alpha value is -4.61. The molecule has 5 atom stereocenters. The van der Waals surface area contributed by atoms with Gasteiger partial charge in [-0.25, -0.2) is 4.79 Å². The highest BCUT2D eigenvalue weighted by Crippen LogP contribution is 2.33. The molecule has 0 spiro atoms. The molecule has 4 N–H and O–H groups in total. The summed E-state index contributed by atoms with van der Waals surface area (Å²) in [4.78, 5) is 85.9. The van der Waals surface area contributed by atoms with Crippen LogP contribution in [0.2, 0.25) is 0 Å². The Bertz CT molecular complexity index is 1380. The largest absolute Gasteiger partial charge is 0.346 e. The summed E-state index contributed by atoms with van der Waals surface area (Å²) in [5.41, 5.74) is -0.273. The number of hydrogen-bond acceptors (Lipinski definition) is 7. The third kappa shape index (κ3) is 10.7. The summed E-state index contributed by atoms with van der Waals surface area (Å²) < 4.78 is 0. The summed E-state index contributed by atoms with van der Waals surface area (Å²) in [6.07, 6.45) is 8.10. The molecular formula is C36H52N6O6. The van der Waals surface area contributed by atoms with Crippen molar-refractivity contribution in [2.24, 2.45) is 17.3 Å². The summed E-state index contributed by atoms with van der Waals surface area (Å²) in [5.74, 6) is -3.47. The zero-order valence-electron chi connectivity index (χ0n) is 29.3. The first-order valence-electron chi connectivity index (χ1n) is 16.4. The Morgan fingerprint density at radius 1 is 1.08 bits per heavy atom. The molecule has 0 bridgehead atoms. The van der Waals surface area contributed by atoms with Crippen LogP contribution in [0.4, 0.5) is 4.79 Å². The number of Topliss-reactive ketones (excluding diaryl/α,β-unsaturated/α-hetero) is 2. The zero-order chi connectivity index (χ0) is 36.2. The van der Waals surface area contributed by atoms with E-state index in [0.29, 0.717) is 18.4 Å². The number of pyridine rings is 1. The van der Waals surface area contributed by atoms with Gasteiger partial charge in [-0.2, -0.15) is 0 Å². The number of ketones is 2. The molecule has 1 fully saturated rings. The highest BCUT2D eigenvalue weighted by molar-refractivity contribution is 6.39. The number of aromatic nitrogens is 1. The summed E-state index contributed by atoms with van der Waals surface area (Å²) in [7, 11) is 0. The maximum Gasteiger partial charge on any atom is 0.316 e. The average Bonchev–Trinajstić information content (AvgIpc) is 3.49. The summed E-state index contributed by atoms with van der Waals surface area (Å²) in [5, 5.41) is 10.6. The predicted octanol–water partition coefficient (Wildman–Crippen LogP) is 3.51. The van der Waals surface area contributed by atoms with Gasteiger partial charge >= 0.3 is 6.03 Å². The molecule has 5 amide bonds. The minimum Gasteiger partial charge on any atom is -0.346 e. The fourth-order valence-corrected chi connectivity index (χ4v) is 5.52. The third-order valence-electron chi connectivity index (χ3n) is 8.18. The van der Waals surface area contributed by atoms with Gasteiger partial charge in [0.15, 0.2) is 0 Å². The van der Waals surface area contributed by atoms with Crippen LogP contribution < -0.4 is 21.3 Å². The lowest BCUT2D eigenvalue weighted by atomic mass is 9.84. The van der Waals surface area contributed by atoms with Crippen LogP contribution in [0.25, 0.3) is 0 Å². The maximum absolute atomic E-state index is 14.3. The van der Waals surface area contributed by atoms with Gasteiger partial charge in [0, 0.05) is 19.3 Å². The van der Waals surface area contributed by atoms with E-state index >= 15 is 0 Å². The van der Waals surface area contributed by atoms with E-state index in [4.69, 9.17) is 0 Å². The van der Waals surface area contributed by atoms with Crippen molar-refractivity contribution >= 4 is 35.3 Å². The van der Waals surface area contributed by atoms with Crippen LogP contribution in [-0.2, 0) is 19.2 Å². The summed E-state index contributed by atoms with van der Waals surface area (Å²) in [6.45, 7) is 20.5. The number of carbonyl (C=O) groups excluding carboxylic acids is 6. The van der Waals surface area contributed by atoms with E-state index in [-0.39, 0.29) is 30.6 Å². The zero-order valence-corrected chi connectivity index (χ0v) is 29.3. The van der Waals surface area contributed by atoms with Gasteiger partial charge in [-0.3, -0.25) is 29.0 Å². The van der Waals surface area contributed by atoms with Gasteiger partial charge in [-0.1, -0.05) is 84.4 Å². The molecule has 2 heterocycles. The Balaban J connectivity index is 2.37. The molecule has 1 aromatic rings. The number of carbonyl (C=O) groups is 6. The van der Waals surface area contributed by atoms with Gasteiger partial charge in [0.05, 0.1) is 0 Å². The quantitative estimate of drug-likeness (QED) is 0.119. The minimum atomic E-state index is -1.24. The van der Waals surface area contributed by atoms with Crippen LogP contribution in [0.3, 0.4) is 0 Å². The van der Waals surface area contributed by atoms with Crippen LogP contribution in [0, 0.1) is 17.3 Å². The summed E-state index contributed by atoms with van der Waals surface area (Å²) in [6, 6.07) is -0.290. The Morgan fingerprint density at radius 3 is 2.31 bits per heavy atom. The molecule has 262 valence electrons. The lowest BCUT2D eigenvalue weighted by molar-refractivity contribution is -0.144. The van der Waals surface area contributed by atoms with Crippen molar-refractivity contribution in [3.8, 4) is 0 Å². The van der Waals surface area contributed by atoms with E-state index in [1.54, 1.807) is 45.9 Å². The lowest BCUT2D eigenvalue weighted by Gasteiger charge is -2.37. The van der Waals surface area contributed by atoms with Crippen molar-refractivity contribution in [2.75, 3.05) is 13.1 Å². The molecule has 48 heavy (non-hydrogen) atoms. The van der Waals surface area contributed by atoms with Crippen molar-refractivity contribution in [2.45, 2.75) is 91.9 Å². The Labute approximate surface area is 284 Å². The molecule has 1 saturated heterocycles. The third-order valence-corrected chi connectivity index (χ3v) is 8.18. The van der Waals surface area contributed by atoms with Crippen LogP contribution in [0.1, 0.15) is 78.2 Å². The number of hydrogen-bond donors (Lipinski definition) is 4. The van der Waals surface area contributed by atoms with Gasteiger partial charge in [-0.15, -0.1) is 6.58 Å². The summed E-state index contributed by atoms with van der Waals surface area (Å²) >= 11 is 0. The highest BCUT2D eigenvalue weighted by Gasteiger charge is 2.47. The van der Waals surface area contributed by atoms with E-state index in [2.05, 4.69) is 39.4 Å². The van der Waals surface area contributed by atoms with Crippen molar-refractivity contribution in [3.63, 3.8) is 0 Å². The molecule has 0 saturated carbocycles. The van der Waals surface area contributed by atoms with E-state index < -0.39 is 64.9 Å².